The summed E-state index contributed by atoms with van der Waals surface area (Å²) in [6.07, 6.45) is -1.92. The molecule has 0 unspecified atom stereocenters. The Kier molecular flexibility index (Phi) is 8.01. The van der Waals surface area contributed by atoms with Gasteiger partial charge in [0.05, 0.1) is 22.9 Å². The summed E-state index contributed by atoms with van der Waals surface area (Å²) >= 11 is 0. The van der Waals surface area contributed by atoms with E-state index in [0.29, 0.717) is 49.0 Å². The smallest absolute Gasteiger partial charge is 0.385 e. The van der Waals surface area contributed by atoms with Crippen molar-refractivity contribution in [1.29, 1.82) is 0 Å². The molecule has 3 heterocycles. The average Bonchev–Trinajstić information content (AvgIpc) is 3.05. The third kappa shape index (κ3) is 6.26. The number of hydrogen-bond acceptors (Lipinski definition) is 7. The minimum Gasteiger partial charge on any atom is -0.385 e. The van der Waals surface area contributed by atoms with Gasteiger partial charge in [-0.1, -0.05) is 72.8 Å². The Morgan fingerprint density at radius 1 is 0.864 bits per heavy atom. The van der Waals surface area contributed by atoms with Crippen LogP contribution in [0.25, 0.3) is 22.5 Å². The summed E-state index contributed by atoms with van der Waals surface area (Å²) in [4.78, 5) is 11.2. The molecule has 2 N–H and O–H groups in total. The molecular weight excluding hydrogens is 565 g/mol. The van der Waals surface area contributed by atoms with E-state index in [2.05, 4.69) is 20.5 Å². The van der Waals surface area contributed by atoms with E-state index in [1.165, 1.54) is 6.07 Å². The van der Waals surface area contributed by atoms with Gasteiger partial charge in [0.15, 0.2) is 5.82 Å². The molecule has 1 fully saturated rings. The topological polar surface area (TPSA) is 87.1 Å². The van der Waals surface area contributed by atoms with Crippen molar-refractivity contribution in [2.75, 3.05) is 23.3 Å². The van der Waals surface area contributed by atoms with Crippen LogP contribution in [-0.4, -0.2) is 38.4 Å². The van der Waals surface area contributed by atoms with E-state index in [9.17, 15) is 18.3 Å². The van der Waals surface area contributed by atoms with E-state index < -0.39 is 17.3 Å². The number of halogens is 3. The van der Waals surface area contributed by atoms with E-state index in [-0.39, 0.29) is 17.3 Å². The number of nitrogens with one attached hydrogen (secondary N) is 1. The molecule has 1 atom stereocenters. The molecule has 1 aliphatic rings. The molecule has 0 bridgehead atoms. The molecule has 6 rings (SSSR count). The number of rotatable bonds is 7. The van der Waals surface area contributed by atoms with Crippen LogP contribution in [0.15, 0.2) is 103 Å². The minimum atomic E-state index is -4.51. The lowest BCUT2D eigenvalue weighted by Gasteiger charge is -2.39. The van der Waals surface area contributed by atoms with E-state index in [1.54, 1.807) is 18.3 Å². The SMILES string of the molecule is C[C@H](Nc1nccc(-c2cc(N3CCC(O)(c4ccccc4)CC3)nnc2-c2cccc(C(F)(F)F)c2)n1)c1ccccc1. The zero-order valence-corrected chi connectivity index (χ0v) is 24.0. The molecule has 1 aliphatic heterocycles. The van der Waals surface area contributed by atoms with Gasteiger partial charge < -0.3 is 15.3 Å². The number of nitrogens with zero attached hydrogens (tertiary/aromatic N) is 5. The molecule has 1 saturated heterocycles. The molecule has 5 aromatic rings. The molecule has 7 nitrogen and oxygen atoms in total. The second kappa shape index (κ2) is 12.0. The third-order valence-electron chi connectivity index (χ3n) is 8.05. The normalized spacial score (nSPS) is 15.5. The summed E-state index contributed by atoms with van der Waals surface area (Å²) in [7, 11) is 0. The lowest BCUT2D eigenvalue weighted by Crippen LogP contribution is -2.43. The lowest BCUT2D eigenvalue weighted by atomic mass is 9.84. The van der Waals surface area contributed by atoms with Crippen LogP contribution < -0.4 is 10.2 Å². The molecule has 0 amide bonds. The first-order chi connectivity index (χ1) is 21.2. The van der Waals surface area contributed by atoms with Crippen LogP contribution >= 0.6 is 0 Å². The summed E-state index contributed by atoms with van der Waals surface area (Å²) in [5, 5.41) is 23.5. The number of alkyl halides is 3. The number of aliphatic hydroxyl groups is 1. The van der Waals surface area contributed by atoms with E-state index in [4.69, 9.17) is 4.98 Å². The van der Waals surface area contributed by atoms with Crippen LogP contribution in [0, 0.1) is 0 Å². The zero-order valence-electron chi connectivity index (χ0n) is 24.0. The maximum absolute atomic E-state index is 13.6. The highest BCUT2D eigenvalue weighted by atomic mass is 19.4. The fraction of sp³-hybridized carbons (Fsp3) is 0.235. The summed E-state index contributed by atoms with van der Waals surface area (Å²) in [6, 6.07) is 27.9. The van der Waals surface area contributed by atoms with Gasteiger partial charge >= 0.3 is 6.18 Å². The second-order valence-electron chi connectivity index (χ2n) is 11.0. The van der Waals surface area contributed by atoms with Crippen LogP contribution in [0.2, 0.25) is 0 Å². The van der Waals surface area contributed by atoms with Gasteiger partial charge in [-0.3, -0.25) is 0 Å². The van der Waals surface area contributed by atoms with Gasteiger partial charge in [-0.25, -0.2) is 9.97 Å². The van der Waals surface area contributed by atoms with Crippen LogP contribution in [-0.2, 0) is 11.8 Å². The van der Waals surface area contributed by atoms with Gasteiger partial charge in [0.25, 0.3) is 0 Å². The Balaban J connectivity index is 1.35. The average molecular weight is 597 g/mol. The number of anilines is 2. The van der Waals surface area contributed by atoms with Gasteiger partial charge in [-0.2, -0.15) is 13.2 Å². The number of hydrogen-bond donors (Lipinski definition) is 2. The molecule has 0 aliphatic carbocycles. The lowest BCUT2D eigenvalue weighted by molar-refractivity contribution is -0.137. The Hall–Kier alpha value is -4.83. The first kappa shape index (κ1) is 29.3. The van der Waals surface area contributed by atoms with Crippen molar-refractivity contribution in [3.05, 3.63) is 120 Å². The van der Waals surface area contributed by atoms with Crippen LogP contribution in [0.5, 0.6) is 0 Å². The summed E-state index contributed by atoms with van der Waals surface area (Å²) in [6.45, 7) is 3.04. The number of piperidine rings is 1. The highest BCUT2D eigenvalue weighted by molar-refractivity contribution is 5.81. The monoisotopic (exact) mass is 596 g/mol. The van der Waals surface area contributed by atoms with Gasteiger partial charge in [0.2, 0.25) is 5.95 Å². The molecule has 2 aromatic heterocycles. The largest absolute Gasteiger partial charge is 0.416 e. The minimum absolute atomic E-state index is 0.0859. The van der Waals surface area contributed by atoms with Crippen molar-refractivity contribution in [1.82, 2.24) is 20.2 Å². The molecule has 44 heavy (non-hydrogen) atoms. The number of aromatic nitrogens is 4. The molecule has 3 aromatic carbocycles. The molecule has 10 heteroatoms. The van der Waals surface area contributed by atoms with Crippen molar-refractivity contribution >= 4 is 11.8 Å². The Morgan fingerprint density at radius 2 is 1.57 bits per heavy atom. The summed E-state index contributed by atoms with van der Waals surface area (Å²) in [5.41, 5.74) is 1.77. The van der Waals surface area contributed by atoms with Gasteiger partial charge in [-0.05, 0) is 55.2 Å². The fourth-order valence-corrected chi connectivity index (χ4v) is 5.53. The van der Waals surface area contributed by atoms with Crippen molar-refractivity contribution in [3.8, 4) is 22.5 Å². The highest BCUT2D eigenvalue weighted by Crippen LogP contribution is 2.38. The second-order valence-corrected chi connectivity index (χ2v) is 11.0. The van der Waals surface area contributed by atoms with Gasteiger partial charge in [0.1, 0.15) is 5.69 Å². The molecule has 0 radical (unpaired) electrons. The number of benzene rings is 3. The van der Waals surface area contributed by atoms with Crippen LogP contribution in [0.1, 0.15) is 42.5 Å². The predicted molar refractivity (Wildman–Crippen MR) is 164 cm³/mol. The summed E-state index contributed by atoms with van der Waals surface area (Å²) < 4.78 is 40.9. The zero-order chi connectivity index (χ0) is 30.7. The van der Waals surface area contributed by atoms with E-state index in [0.717, 1.165) is 23.3 Å². The Labute approximate surface area is 253 Å². The van der Waals surface area contributed by atoms with E-state index in [1.807, 2.05) is 78.6 Å². The van der Waals surface area contributed by atoms with Crippen molar-refractivity contribution in [2.45, 2.75) is 37.6 Å². The molecule has 0 spiro atoms. The maximum Gasteiger partial charge on any atom is 0.416 e. The van der Waals surface area contributed by atoms with Gasteiger partial charge in [-0.15, -0.1) is 10.2 Å². The standard InChI is InChI=1S/C34H31F3N6O/c1-23(24-9-4-2-5-10-24)39-32-38-18-15-29(40-32)28-22-30(41-42-31(28)25-11-8-14-27(21-25)34(35,36)37)43-19-16-33(44,17-20-43)26-12-6-3-7-13-26/h2-15,18,21-23,44H,16-17,19-20H2,1H3,(H,38,39,40)/t23-/m0/s1. The molecule has 0 saturated carbocycles. The van der Waals surface area contributed by atoms with Gasteiger partial charge in [0, 0.05) is 30.4 Å². The Bertz CT molecular complexity index is 1720. The van der Waals surface area contributed by atoms with Crippen molar-refractivity contribution < 1.29 is 18.3 Å². The summed E-state index contributed by atoms with van der Waals surface area (Å²) in [5.74, 6) is 0.926. The third-order valence-corrected chi connectivity index (χ3v) is 8.05. The van der Waals surface area contributed by atoms with Crippen LogP contribution in [0.3, 0.4) is 0 Å². The quantitative estimate of drug-likeness (QED) is 0.204. The fourth-order valence-electron chi connectivity index (χ4n) is 5.53. The van der Waals surface area contributed by atoms with Crippen molar-refractivity contribution in [2.24, 2.45) is 0 Å². The van der Waals surface area contributed by atoms with Crippen molar-refractivity contribution in [3.63, 3.8) is 0 Å². The van der Waals surface area contributed by atoms with Crippen LogP contribution in [0.4, 0.5) is 24.9 Å². The predicted octanol–water partition coefficient (Wildman–Crippen LogP) is 7.28. The Morgan fingerprint density at radius 3 is 2.27 bits per heavy atom. The highest BCUT2D eigenvalue weighted by Gasteiger charge is 2.35. The molecular formula is C34H31F3N6O. The molecule has 224 valence electrons. The van der Waals surface area contributed by atoms with E-state index >= 15 is 0 Å². The first-order valence-electron chi connectivity index (χ1n) is 14.4. The first-order valence-corrected chi connectivity index (χ1v) is 14.4. The maximum atomic E-state index is 13.6.